The molecule has 166 valence electrons. The van der Waals surface area contributed by atoms with Gasteiger partial charge in [0, 0.05) is 18.0 Å². The van der Waals surface area contributed by atoms with Gasteiger partial charge < -0.3 is 4.74 Å². The van der Waals surface area contributed by atoms with Crippen molar-refractivity contribution in [2.75, 3.05) is 6.61 Å². The Morgan fingerprint density at radius 3 is 2.10 bits per heavy atom. The number of aryl methyl sites for hydroxylation is 1. The first kappa shape index (κ1) is 24.3. The van der Waals surface area contributed by atoms with Gasteiger partial charge in [0.2, 0.25) is 0 Å². The van der Waals surface area contributed by atoms with Crippen LogP contribution >= 0.6 is 0 Å². The maximum Gasteiger partial charge on any atom is 0.159 e. The smallest absolute Gasteiger partial charge is 0.159 e. The fourth-order valence-corrected chi connectivity index (χ4v) is 3.51. The highest BCUT2D eigenvalue weighted by molar-refractivity contribution is 5.55. The molecule has 2 rings (SSSR count). The lowest BCUT2D eigenvalue weighted by molar-refractivity contribution is 0.304. The van der Waals surface area contributed by atoms with Gasteiger partial charge in [0.15, 0.2) is 5.82 Å². The van der Waals surface area contributed by atoms with Gasteiger partial charge in [0.1, 0.15) is 5.75 Å². The number of hydrogen-bond acceptors (Lipinski definition) is 3. The molecule has 1 heterocycles. The van der Waals surface area contributed by atoms with E-state index in [1.807, 2.05) is 36.7 Å². The molecule has 0 aliphatic heterocycles. The second-order valence-electron chi connectivity index (χ2n) is 8.29. The SMILES string of the molecule is CCCCCCCCCCOc1ccc(-c2ncc(CCCCC(C)F)cn2)cc1. The van der Waals surface area contributed by atoms with E-state index in [9.17, 15) is 4.39 Å². The molecule has 1 unspecified atom stereocenters. The zero-order valence-corrected chi connectivity index (χ0v) is 18.9. The van der Waals surface area contributed by atoms with Gasteiger partial charge in [-0.1, -0.05) is 58.3 Å². The lowest BCUT2D eigenvalue weighted by Gasteiger charge is -2.07. The van der Waals surface area contributed by atoms with Crippen molar-refractivity contribution in [3.8, 4) is 17.1 Å². The average Bonchev–Trinajstić information content (AvgIpc) is 2.76. The molecule has 3 nitrogen and oxygen atoms in total. The second kappa shape index (κ2) is 14.9. The highest BCUT2D eigenvalue weighted by Gasteiger charge is 2.04. The van der Waals surface area contributed by atoms with E-state index in [4.69, 9.17) is 4.74 Å². The molecule has 1 aromatic heterocycles. The molecule has 30 heavy (non-hydrogen) atoms. The number of benzene rings is 1. The van der Waals surface area contributed by atoms with Crippen LogP contribution in [0.15, 0.2) is 36.7 Å². The molecule has 0 saturated carbocycles. The van der Waals surface area contributed by atoms with Gasteiger partial charge in [-0.15, -0.1) is 0 Å². The third kappa shape index (κ3) is 10.2. The van der Waals surface area contributed by atoms with Crippen LogP contribution in [0.5, 0.6) is 5.75 Å². The largest absolute Gasteiger partial charge is 0.494 e. The van der Waals surface area contributed by atoms with Gasteiger partial charge in [-0.05, 0) is 62.4 Å². The molecule has 2 aromatic rings. The maximum absolute atomic E-state index is 12.8. The molecule has 0 aliphatic carbocycles. The van der Waals surface area contributed by atoms with Crippen molar-refractivity contribution in [3.63, 3.8) is 0 Å². The van der Waals surface area contributed by atoms with Gasteiger partial charge in [-0.25, -0.2) is 14.4 Å². The number of alkyl halides is 1. The lowest BCUT2D eigenvalue weighted by Crippen LogP contribution is -1.98. The molecule has 0 radical (unpaired) electrons. The molecule has 1 atom stereocenters. The van der Waals surface area contributed by atoms with Crippen molar-refractivity contribution in [2.24, 2.45) is 0 Å². The van der Waals surface area contributed by atoms with Crippen LogP contribution in [0.25, 0.3) is 11.4 Å². The summed E-state index contributed by atoms with van der Waals surface area (Å²) in [5.41, 5.74) is 2.10. The maximum atomic E-state index is 12.8. The summed E-state index contributed by atoms with van der Waals surface area (Å²) in [7, 11) is 0. The molecule has 0 aliphatic rings. The van der Waals surface area contributed by atoms with Crippen LogP contribution in [-0.2, 0) is 6.42 Å². The van der Waals surface area contributed by atoms with Gasteiger partial charge in [0.25, 0.3) is 0 Å². The first-order valence-corrected chi connectivity index (χ1v) is 11.9. The number of unbranched alkanes of at least 4 members (excludes halogenated alkanes) is 8. The molecule has 0 N–H and O–H groups in total. The van der Waals surface area contributed by atoms with E-state index in [-0.39, 0.29) is 0 Å². The molecular weight excluding hydrogens is 375 g/mol. The first-order valence-electron chi connectivity index (χ1n) is 11.9. The van der Waals surface area contributed by atoms with Crippen molar-refractivity contribution in [2.45, 2.75) is 97.1 Å². The fourth-order valence-electron chi connectivity index (χ4n) is 3.51. The summed E-state index contributed by atoms with van der Waals surface area (Å²) >= 11 is 0. The van der Waals surface area contributed by atoms with Gasteiger partial charge in [-0.2, -0.15) is 0 Å². The summed E-state index contributed by atoms with van der Waals surface area (Å²) in [6.07, 6.45) is 16.9. The van der Waals surface area contributed by atoms with Crippen molar-refractivity contribution in [1.82, 2.24) is 9.97 Å². The summed E-state index contributed by atoms with van der Waals surface area (Å²) in [5, 5.41) is 0. The van der Waals surface area contributed by atoms with Crippen LogP contribution in [0, 0.1) is 0 Å². The van der Waals surface area contributed by atoms with Crippen molar-refractivity contribution < 1.29 is 9.13 Å². The Morgan fingerprint density at radius 1 is 0.833 bits per heavy atom. The first-order chi connectivity index (χ1) is 14.7. The molecule has 0 fully saturated rings. The van der Waals surface area contributed by atoms with Gasteiger partial charge in [-0.3, -0.25) is 0 Å². The Bertz CT molecular complexity index is 670. The zero-order valence-electron chi connectivity index (χ0n) is 18.9. The van der Waals surface area contributed by atoms with E-state index in [0.29, 0.717) is 6.42 Å². The Morgan fingerprint density at radius 2 is 1.47 bits per heavy atom. The molecule has 0 saturated heterocycles. The highest BCUT2D eigenvalue weighted by Crippen LogP contribution is 2.20. The van der Waals surface area contributed by atoms with E-state index in [2.05, 4.69) is 16.9 Å². The monoisotopic (exact) mass is 414 g/mol. The number of ether oxygens (including phenoxy) is 1. The minimum absolute atomic E-state index is 0.631. The van der Waals surface area contributed by atoms with Crippen molar-refractivity contribution >= 4 is 0 Å². The van der Waals surface area contributed by atoms with Crippen LogP contribution in [0.1, 0.15) is 90.0 Å². The number of halogens is 1. The Hall–Kier alpha value is -1.97. The summed E-state index contributed by atoms with van der Waals surface area (Å²) in [6.45, 7) is 4.65. The van der Waals surface area contributed by atoms with Crippen LogP contribution < -0.4 is 4.74 Å². The van der Waals surface area contributed by atoms with Gasteiger partial charge >= 0.3 is 0 Å². The molecule has 4 heteroatoms. The number of aromatic nitrogens is 2. The van der Waals surface area contributed by atoms with Crippen molar-refractivity contribution in [3.05, 3.63) is 42.2 Å². The van der Waals surface area contributed by atoms with E-state index >= 15 is 0 Å². The van der Waals surface area contributed by atoms with E-state index in [1.165, 1.54) is 44.9 Å². The Balaban J connectivity index is 1.65. The molecule has 1 aromatic carbocycles. The standard InChI is InChI=1S/C26H39FN2O/c1-3-4-5-6-7-8-9-12-19-30-25-17-15-24(16-18-25)26-28-20-23(21-29-26)14-11-10-13-22(2)27/h15-18,20-22H,3-14,19H2,1-2H3. The summed E-state index contributed by atoms with van der Waals surface area (Å²) < 4.78 is 18.7. The third-order valence-electron chi connectivity index (χ3n) is 5.40. The minimum Gasteiger partial charge on any atom is -0.494 e. The quantitative estimate of drug-likeness (QED) is 0.264. The van der Waals surface area contributed by atoms with E-state index < -0.39 is 6.17 Å². The van der Waals surface area contributed by atoms with Crippen molar-refractivity contribution in [1.29, 1.82) is 0 Å². The molecular formula is C26H39FN2O. The fraction of sp³-hybridized carbons (Fsp3) is 0.615. The predicted octanol–water partition coefficient (Wildman–Crippen LogP) is 7.73. The van der Waals surface area contributed by atoms with Crippen LogP contribution in [-0.4, -0.2) is 22.7 Å². The summed E-state index contributed by atoms with van der Waals surface area (Å²) in [5.74, 6) is 1.63. The van der Waals surface area contributed by atoms with Crippen LogP contribution in [0.2, 0.25) is 0 Å². The Kier molecular flexibility index (Phi) is 12.1. The van der Waals surface area contributed by atoms with Gasteiger partial charge in [0.05, 0.1) is 12.8 Å². The predicted molar refractivity (Wildman–Crippen MR) is 124 cm³/mol. The number of hydrogen-bond donors (Lipinski definition) is 0. The molecule has 0 bridgehead atoms. The molecule has 0 amide bonds. The number of rotatable bonds is 16. The summed E-state index contributed by atoms with van der Waals surface area (Å²) in [6, 6.07) is 8.02. The van der Waals surface area contributed by atoms with Crippen LogP contribution in [0.4, 0.5) is 4.39 Å². The minimum atomic E-state index is -0.712. The lowest BCUT2D eigenvalue weighted by atomic mass is 10.1. The average molecular weight is 415 g/mol. The Labute approximate surface area is 182 Å². The zero-order chi connectivity index (χ0) is 21.4. The third-order valence-corrected chi connectivity index (χ3v) is 5.40. The van der Waals surface area contributed by atoms with E-state index in [1.54, 1.807) is 6.92 Å². The highest BCUT2D eigenvalue weighted by atomic mass is 19.1. The van der Waals surface area contributed by atoms with Crippen LogP contribution in [0.3, 0.4) is 0 Å². The van der Waals surface area contributed by atoms with E-state index in [0.717, 1.165) is 55.0 Å². The normalized spacial score (nSPS) is 12.1. The number of nitrogens with zero attached hydrogens (tertiary/aromatic N) is 2. The second-order valence-corrected chi connectivity index (χ2v) is 8.29. The molecule has 0 spiro atoms. The topological polar surface area (TPSA) is 35.0 Å². The summed E-state index contributed by atoms with van der Waals surface area (Å²) in [4.78, 5) is 8.98.